The van der Waals surface area contributed by atoms with Gasteiger partial charge >= 0.3 is 24.5 Å². The van der Waals surface area contributed by atoms with Gasteiger partial charge < -0.3 is 4.74 Å². The second kappa shape index (κ2) is 10.1. The molecule has 0 radical (unpaired) electrons. The fourth-order valence-electron chi connectivity index (χ4n) is 2.91. The van der Waals surface area contributed by atoms with Crippen LogP contribution in [0.2, 0.25) is 5.02 Å². The highest BCUT2D eigenvalue weighted by Gasteiger charge is 2.40. The van der Waals surface area contributed by atoms with E-state index in [-0.39, 0.29) is 22.8 Å². The number of nitrogens with zero attached hydrogens (tertiary/aromatic N) is 3. The van der Waals surface area contributed by atoms with Gasteiger partial charge in [0.05, 0.1) is 27.3 Å². The van der Waals surface area contributed by atoms with Crippen LogP contribution in [-0.4, -0.2) is 15.1 Å². The van der Waals surface area contributed by atoms with Crippen molar-refractivity contribution in [1.29, 1.82) is 0 Å². The van der Waals surface area contributed by atoms with E-state index in [1.165, 1.54) is 27.7 Å². The summed E-state index contributed by atoms with van der Waals surface area (Å²) in [6.45, 7) is 3.75. The number of carbonyl (C=O) groups is 1. The molecule has 206 valence electrons. The zero-order valence-corrected chi connectivity index (χ0v) is 20.2. The molecule has 0 unspecified atom stereocenters. The smallest absolute Gasteiger partial charge is 0.431 e. The number of hydrogen-bond acceptors (Lipinski definition) is 4. The predicted molar refractivity (Wildman–Crippen MR) is 112 cm³/mol. The first-order valence-electron chi connectivity index (χ1n) is 10.2. The van der Waals surface area contributed by atoms with Crippen molar-refractivity contribution in [3.05, 3.63) is 56.0 Å². The fourth-order valence-corrected chi connectivity index (χ4v) is 3.17. The molecular weight excluding hydrogens is 549 g/mol. The monoisotopic (exact) mass is 567 g/mol. The zero-order valence-electron chi connectivity index (χ0n) is 19.5. The van der Waals surface area contributed by atoms with Crippen LogP contribution in [0.1, 0.15) is 44.5 Å². The second-order valence-corrected chi connectivity index (χ2v) is 8.99. The molecule has 16 heteroatoms. The summed E-state index contributed by atoms with van der Waals surface area (Å²) < 4.78 is 127. The van der Waals surface area contributed by atoms with Gasteiger partial charge in [0, 0.05) is 12.6 Å². The maximum absolute atomic E-state index is 13.8. The van der Waals surface area contributed by atoms with Gasteiger partial charge in [0.25, 0.3) is 5.56 Å². The number of rotatable bonds is 4. The van der Waals surface area contributed by atoms with Gasteiger partial charge in [-0.1, -0.05) is 11.6 Å². The zero-order chi connectivity index (χ0) is 28.7. The predicted octanol–water partition coefficient (Wildman–Crippen LogP) is 6.16. The first-order chi connectivity index (χ1) is 16.6. The van der Waals surface area contributed by atoms with E-state index in [9.17, 15) is 49.1 Å². The summed E-state index contributed by atoms with van der Waals surface area (Å²) >= 11 is 5.68. The Morgan fingerprint density at radius 2 is 1.49 bits per heavy atom. The van der Waals surface area contributed by atoms with Crippen molar-refractivity contribution in [2.75, 3.05) is 0 Å². The topological polar surface area (TPSA) is 65.6 Å². The lowest BCUT2D eigenvalue weighted by atomic mass is 9.98. The van der Waals surface area contributed by atoms with Crippen molar-refractivity contribution in [3.8, 4) is 0 Å². The van der Waals surface area contributed by atoms with Crippen molar-refractivity contribution < 1.29 is 49.0 Å². The summed E-state index contributed by atoms with van der Waals surface area (Å²) in [7, 11) is 0. The van der Waals surface area contributed by atoms with Crippen LogP contribution in [0.3, 0.4) is 0 Å². The number of carbonyl (C=O) groups excluding carboxylic acids is 1. The minimum Gasteiger partial charge on any atom is -0.443 e. The number of halogens is 10. The average Bonchev–Trinajstić information content (AvgIpc) is 2.70. The Hall–Kier alpha value is -2.97. The molecule has 0 aliphatic rings. The van der Waals surface area contributed by atoms with Crippen LogP contribution >= 0.6 is 11.6 Å². The normalized spacial score (nSPS) is 13.7. The number of esters is 1. The molecule has 2 rings (SSSR count). The highest BCUT2D eigenvalue weighted by Crippen LogP contribution is 2.43. The molecule has 0 fully saturated rings. The molecule has 6 nitrogen and oxygen atoms in total. The van der Waals surface area contributed by atoms with Crippen molar-refractivity contribution in [3.63, 3.8) is 0 Å². The van der Waals surface area contributed by atoms with Gasteiger partial charge in [0.2, 0.25) is 5.62 Å². The van der Waals surface area contributed by atoms with Crippen LogP contribution in [-0.2, 0) is 41.3 Å². The molecule has 0 spiro atoms. The maximum atomic E-state index is 13.8. The Balaban J connectivity index is 3.05. The van der Waals surface area contributed by atoms with Crippen molar-refractivity contribution >= 4 is 23.3 Å². The summed E-state index contributed by atoms with van der Waals surface area (Å²) in [5.41, 5.74) is -10.3. The Kier molecular flexibility index (Phi) is 8.23. The molecule has 1 aromatic carbocycles. The number of alkyl halides is 9. The van der Waals surface area contributed by atoms with E-state index in [2.05, 4.69) is 4.99 Å². The highest BCUT2D eigenvalue weighted by molar-refractivity contribution is 6.33. The summed E-state index contributed by atoms with van der Waals surface area (Å²) in [5.74, 6) is -0.996. The molecule has 0 saturated carbocycles. The molecule has 2 aromatic rings. The van der Waals surface area contributed by atoms with Crippen LogP contribution in [0.25, 0.3) is 0 Å². The lowest BCUT2D eigenvalue weighted by Gasteiger charge is -2.22. The molecule has 0 atom stereocenters. The molecule has 0 N–H and O–H groups in total. The van der Waals surface area contributed by atoms with E-state index in [4.69, 9.17) is 16.3 Å². The van der Waals surface area contributed by atoms with E-state index >= 15 is 0 Å². The third-order valence-electron chi connectivity index (χ3n) is 4.75. The van der Waals surface area contributed by atoms with Gasteiger partial charge in [-0.2, -0.15) is 39.5 Å². The Bertz CT molecular complexity index is 1310. The van der Waals surface area contributed by atoms with Crippen LogP contribution in [0.4, 0.5) is 45.2 Å². The van der Waals surface area contributed by atoms with Crippen molar-refractivity contribution in [2.24, 2.45) is 10.4 Å². The molecular formula is C21H19ClF9N3O3. The minimum atomic E-state index is -5.39. The van der Waals surface area contributed by atoms with Crippen LogP contribution < -0.4 is 11.2 Å². The lowest BCUT2D eigenvalue weighted by Crippen LogP contribution is -2.44. The van der Waals surface area contributed by atoms with Crippen molar-refractivity contribution in [1.82, 2.24) is 9.13 Å². The van der Waals surface area contributed by atoms with E-state index in [0.717, 1.165) is 0 Å². The van der Waals surface area contributed by atoms with E-state index in [0.29, 0.717) is 4.57 Å². The first-order valence-corrected chi connectivity index (χ1v) is 10.6. The molecule has 1 heterocycles. The molecule has 37 heavy (non-hydrogen) atoms. The molecule has 0 aliphatic carbocycles. The quantitative estimate of drug-likeness (QED) is 0.328. The Morgan fingerprint density at radius 1 is 0.919 bits per heavy atom. The lowest BCUT2D eigenvalue weighted by molar-refractivity contribution is -0.162. The van der Waals surface area contributed by atoms with E-state index < -0.39 is 81.9 Å². The number of hydrogen-bond donors (Lipinski definition) is 0. The van der Waals surface area contributed by atoms with Crippen LogP contribution in [0, 0.1) is 5.41 Å². The Labute approximate surface area is 207 Å². The summed E-state index contributed by atoms with van der Waals surface area (Å²) in [4.78, 5) is 28.1. The summed E-state index contributed by atoms with van der Waals surface area (Å²) in [6, 6.07) is -0.0598. The number of aromatic nitrogens is 2. The second-order valence-electron chi connectivity index (χ2n) is 8.61. The van der Waals surface area contributed by atoms with Gasteiger partial charge in [-0.15, -0.1) is 0 Å². The maximum Gasteiger partial charge on any atom is 0.431 e. The van der Waals surface area contributed by atoms with Gasteiger partial charge in [-0.3, -0.25) is 18.7 Å². The third-order valence-corrected chi connectivity index (χ3v) is 5.15. The fraction of sp³-hybridized carbons (Fsp3) is 0.476. The average molecular weight is 568 g/mol. The molecule has 0 saturated heterocycles. The number of benzene rings is 1. The number of ether oxygens (including phenoxy) is 1. The van der Waals surface area contributed by atoms with E-state index in [1.807, 2.05) is 0 Å². The molecule has 0 amide bonds. The third kappa shape index (κ3) is 6.87. The standard InChI is InChI=1S/C21H19ClF9N3O3/c1-5-33-14(35)8-13(21(29,30)31)34(9-37-16(36)18(2,3)4)17(33)32-12-7-10(19(23,24)25)6-11(15(12)22)20(26,27)28/h6-8H,5,9H2,1-4H3. The first kappa shape index (κ1) is 30.3. The van der Waals surface area contributed by atoms with Gasteiger partial charge in [-0.25, -0.2) is 4.99 Å². The summed E-state index contributed by atoms with van der Waals surface area (Å²) in [5, 5.41) is -1.36. The minimum absolute atomic E-state index is 0.0911. The van der Waals surface area contributed by atoms with Crippen molar-refractivity contribution in [2.45, 2.75) is 59.5 Å². The summed E-state index contributed by atoms with van der Waals surface area (Å²) in [6.07, 6.45) is -16.0. The Morgan fingerprint density at radius 3 is 1.92 bits per heavy atom. The van der Waals surface area contributed by atoms with Crippen LogP contribution in [0.5, 0.6) is 0 Å². The SMILES string of the molecule is CCn1c(=O)cc(C(F)(F)F)n(COC(=O)C(C)(C)C)c1=Nc1cc(C(F)(F)F)cc(C(F)(F)F)c1Cl. The van der Waals surface area contributed by atoms with Gasteiger partial charge in [0.1, 0.15) is 5.69 Å². The van der Waals surface area contributed by atoms with E-state index in [1.54, 1.807) is 0 Å². The van der Waals surface area contributed by atoms with Crippen LogP contribution in [0.15, 0.2) is 28.0 Å². The van der Waals surface area contributed by atoms with Gasteiger partial charge in [-0.05, 0) is 39.8 Å². The highest BCUT2D eigenvalue weighted by atomic mass is 35.5. The van der Waals surface area contributed by atoms with Gasteiger partial charge in [0.15, 0.2) is 6.73 Å². The molecule has 1 aromatic heterocycles. The molecule has 0 aliphatic heterocycles. The largest absolute Gasteiger partial charge is 0.443 e. The molecule has 0 bridgehead atoms.